The van der Waals surface area contributed by atoms with Crippen molar-refractivity contribution in [3.8, 4) is 5.75 Å². The van der Waals surface area contributed by atoms with Crippen LogP contribution < -0.4 is 10.1 Å². The van der Waals surface area contributed by atoms with Crippen molar-refractivity contribution in [2.24, 2.45) is 0 Å². The fourth-order valence-electron chi connectivity index (χ4n) is 1.90. The maximum atomic E-state index is 12.5. The second kappa shape index (κ2) is 8.42. The Morgan fingerprint density at radius 3 is 2.29 bits per heavy atom. The molecule has 0 aliphatic rings. The molecular formula is C16H23NO4. The van der Waals surface area contributed by atoms with Gasteiger partial charge in [-0.2, -0.15) is 0 Å². The van der Waals surface area contributed by atoms with Crippen LogP contribution in [0.1, 0.15) is 37.0 Å². The summed E-state index contributed by atoms with van der Waals surface area (Å²) >= 11 is 0. The summed E-state index contributed by atoms with van der Waals surface area (Å²) in [5, 5.41) is 3.18. The van der Waals surface area contributed by atoms with Gasteiger partial charge in [-0.15, -0.1) is 0 Å². The van der Waals surface area contributed by atoms with Gasteiger partial charge in [-0.05, 0) is 37.6 Å². The van der Waals surface area contributed by atoms with Gasteiger partial charge >= 0.3 is 5.97 Å². The second-order valence-corrected chi connectivity index (χ2v) is 4.90. The van der Waals surface area contributed by atoms with Crippen molar-refractivity contribution in [2.75, 3.05) is 14.2 Å². The number of esters is 1. The zero-order chi connectivity index (χ0) is 15.8. The molecule has 5 heteroatoms. The zero-order valence-electron chi connectivity index (χ0n) is 13.0. The third-order valence-corrected chi connectivity index (χ3v) is 3.39. The molecule has 116 valence electrons. The Hall–Kier alpha value is -1.88. The highest BCUT2D eigenvalue weighted by Crippen LogP contribution is 2.14. The number of hydrogen-bond acceptors (Lipinski definition) is 5. The van der Waals surface area contributed by atoms with Gasteiger partial charge in [-0.25, -0.2) is 0 Å². The molecule has 0 heterocycles. The Kier molecular flexibility index (Phi) is 6.88. The largest absolute Gasteiger partial charge is 0.497 e. The third kappa shape index (κ3) is 5.19. The fourth-order valence-corrected chi connectivity index (χ4v) is 1.90. The van der Waals surface area contributed by atoms with Crippen LogP contribution >= 0.6 is 0 Å². The summed E-state index contributed by atoms with van der Waals surface area (Å²) in [6, 6.07) is 6.41. The van der Waals surface area contributed by atoms with Crippen molar-refractivity contribution >= 4 is 11.8 Å². The van der Waals surface area contributed by atoms with Gasteiger partial charge in [0.05, 0.1) is 26.7 Å². The van der Waals surface area contributed by atoms with Crippen molar-refractivity contribution in [3.63, 3.8) is 0 Å². The van der Waals surface area contributed by atoms with E-state index >= 15 is 0 Å². The van der Waals surface area contributed by atoms with E-state index < -0.39 is 12.0 Å². The summed E-state index contributed by atoms with van der Waals surface area (Å²) in [5.74, 6) is 0.159. The van der Waals surface area contributed by atoms with Crippen LogP contribution in [0.2, 0.25) is 0 Å². The van der Waals surface area contributed by atoms with Crippen LogP contribution in [0.5, 0.6) is 5.75 Å². The molecule has 0 saturated carbocycles. The van der Waals surface area contributed by atoms with Gasteiger partial charge in [-0.1, -0.05) is 6.92 Å². The van der Waals surface area contributed by atoms with E-state index in [4.69, 9.17) is 4.74 Å². The first-order chi connectivity index (χ1) is 10.0. The van der Waals surface area contributed by atoms with Crippen LogP contribution in [0, 0.1) is 0 Å². The Labute approximate surface area is 125 Å². The van der Waals surface area contributed by atoms with Crippen molar-refractivity contribution < 1.29 is 19.1 Å². The Bertz CT molecular complexity index is 470. The number of nitrogens with one attached hydrogen (secondary N) is 1. The third-order valence-electron chi connectivity index (χ3n) is 3.39. The smallest absolute Gasteiger partial charge is 0.307 e. The molecule has 0 amide bonds. The predicted molar refractivity (Wildman–Crippen MR) is 80.6 cm³/mol. The number of rotatable bonds is 8. The molecule has 0 fully saturated rings. The summed E-state index contributed by atoms with van der Waals surface area (Å²) in [7, 11) is 2.89. The number of hydrogen-bond donors (Lipinski definition) is 1. The monoisotopic (exact) mass is 293 g/mol. The highest BCUT2D eigenvalue weighted by atomic mass is 16.5. The molecule has 1 N–H and O–H groups in total. The van der Waals surface area contributed by atoms with Crippen LogP contribution in [-0.2, 0) is 9.53 Å². The van der Waals surface area contributed by atoms with E-state index in [0.29, 0.717) is 11.3 Å². The van der Waals surface area contributed by atoms with Crippen molar-refractivity contribution in [1.82, 2.24) is 5.32 Å². The minimum absolute atomic E-state index is 0.0195. The first-order valence-corrected chi connectivity index (χ1v) is 7.02. The molecule has 21 heavy (non-hydrogen) atoms. The number of carbonyl (C=O) groups excluding carboxylic acids is 2. The molecule has 1 aromatic rings. The molecule has 1 aromatic carbocycles. The van der Waals surface area contributed by atoms with Crippen LogP contribution in [0.15, 0.2) is 24.3 Å². The van der Waals surface area contributed by atoms with E-state index in [-0.39, 0.29) is 18.2 Å². The second-order valence-electron chi connectivity index (χ2n) is 4.90. The molecule has 5 nitrogen and oxygen atoms in total. The SMILES string of the molecule is CCC(C)NC(CC(=O)OC)C(=O)c1ccc(OC)cc1. The number of carbonyl (C=O) groups is 2. The van der Waals surface area contributed by atoms with Crippen molar-refractivity contribution in [3.05, 3.63) is 29.8 Å². The lowest BCUT2D eigenvalue weighted by atomic mass is 10.00. The van der Waals surface area contributed by atoms with Gasteiger partial charge in [0.2, 0.25) is 0 Å². The molecule has 2 unspecified atom stereocenters. The van der Waals surface area contributed by atoms with Crippen LogP contribution in [0.25, 0.3) is 0 Å². The van der Waals surface area contributed by atoms with E-state index in [1.165, 1.54) is 7.11 Å². The van der Waals surface area contributed by atoms with E-state index in [9.17, 15) is 9.59 Å². The quantitative estimate of drug-likeness (QED) is 0.588. The van der Waals surface area contributed by atoms with E-state index in [1.807, 2.05) is 13.8 Å². The minimum Gasteiger partial charge on any atom is -0.497 e. The Balaban J connectivity index is 2.88. The Morgan fingerprint density at radius 2 is 1.81 bits per heavy atom. The highest BCUT2D eigenvalue weighted by Gasteiger charge is 2.24. The highest BCUT2D eigenvalue weighted by molar-refractivity contribution is 6.01. The van der Waals surface area contributed by atoms with E-state index in [2.05, 4.69) is 10.1 Å². The number of ketones is 1. The molecule has 2 atom stereocenters. The van der Waals surface area contributed by atoms with Gasteiger partial charge in [0.15, 0.2) is 5.78 Å². The summed E-state index contributed by atoms with van der Waals surface area (Å²) in [4.78, 5) is 24.0. The van der Waals surface area contributed by atoms with Gasteiger partial charge in [0, 0.05) is 11.6 Å². The summed E-state index contributed by atoms with van der Waals surface area (Å²) in [5.41, 5.74) is 0.542. The molecule has 0 aromatic heterocycles. The molecular weight excluding hydrogens is 270 g/mol. The lowest BCUT2D eigenvalue weighted by molar-refractivity contribution is -0.141. The average Bonchev–Trinajstić information content (AvgIpc) is 2.53. The molecule has 0 spiro atoms. The molecule has 0 aliphatic heterocycles. The van der Waals surface area contributed by atoms with Crippen molar-refractivity contribution in [1.29, 1.82) is 0 Å². The van der Waals surface area contributed by atoms with Crippen LogP contribution in [0.3, 0.4) is 0 Å². The molecule has 1 rings (SSSR count). The summed E-state index contributed by atoms with van der Waals surface area (Å²) in [6.45, 7) is 4.00. The maximum absolute atomic E-state index is 12.5. The molecule has 0 aliphatic carbocycles. The van der Waals surface area contributed by atoms with Gasteiger partial charge in [-0.3, -0.25) is 9.59 Å². The first kappa shape index (κ1) is 17.2. The Morgan fingerprint density at radius 1 is 1.19 bits per heavy atom. The first-order valence-electron chi connectivity index (χ1n) is 7.02. The molecule has 0 bridgehead atoms. The average molecular weight is 293 g/mol. The normalized spacial score (nSPS) is 13.3. The zero-order valence-corrected chi connectivity index (χ0v) is 13.0. The maximum Gasteiger partial charge on any atom is 0.307 e. The number of methoxy groups -OCH3 is 2. The number of ether oxygens (including phenoxy) is 2. The van der Waals surface area contributed by atoms with Gasteiger partial charge in [0.1, 0.15) is 5.75 Å². The van der Waals surface area contributed by atoms with E-state index in [0.717, 1.165) is 6.42 Å². The van der Waals surface area contributed by atoms with Gasteiger partial charge in [0.25, 0.3) is 0 Å². The van der Waals surface area contributed by atoms with Gasteiger partial charge < -0.3 is 14.8 Å². The molecule has 0 radical (unpaired) electrons. The summed E-state index contributed by atoms with van der Waals surface area (Å²) < 4.78 is 9.74. The summed E-state index contributed by atoms with van der Waals surface area (Å²) in [6.07, 6.45) is 0.888. The lowest BCUT2D eigenvalue weighted by Crippen LogP contribution is -2.43. The van der Waals surface area contributed by atoms with E-state index in [1.54, 1.807) is 31.4 Å². The number of benzene rings is 1. The molecule has 0 saturated heterocycles. The lowest BCUT2D eigenvalue weighted by Gasteiger charge is -2.21. The minimum atomic E-state index is -0.583. The number of Topliss-reactive ketones (excluding diaryl/α,β-unsaturated/α-hetero) is 1. The van der Waals surface area contributed by atoms with Crippen molar-refractivity contribution in [2.45, 2.75) is 38.8 Å². The standard InChI is InChI=1S/C16H23NO4/c1-5-11(2)17-14(10-15(18)21-4)16(19)12-6-8-13(20-3)9-7-12/h6-9,11,14,17H,5,10H2,1-4H3. The fraction of sp³-hybridized carbons (Fsp3) is 0.500. The van der Waals surface area contributed by atoms with Crippen LogP contribution in [0.4, 0.5) is 0 Å². The van der Waals surface area contributed by atoms with Crippen LogP contribution in [-0.4, -0.2) is 38.1 Å². The topological polar surface area (TPSA) is 64.6 Å². The predicted octanol–water partition coefficient (Wildman–Crippen LogP) is 2.20.